The maximum absolute atomic E-state index is 2.42. The highest BCUT2D eigenvalue weighted by Crippen LogP contribution is 2.45. The van der Waals surface area contributed by atoms with E-state index < -0.39 is 0 Å². The van der Waals surface area contributed by atoms with Gasteiger partial charge in [0.25, 0.3) is 0 Å². The van der Waals surface area contributed by atoms with Gasteiger partial charge in [0.05, 0.1) is 5.69 Å². The predicted molar refractivity (Wildman–Crippen MR) is 212 cm³/mol. The van der Waals surface area contributed by atoms with Crippen molar-refractivity contribution in [3.63, 3.8) is 0 Å². The van der Waals surface area contributed by atoms with Crippen LogP contribution in [0.3, 0.4) is 0 Å². The molecule has 8 aromatic carbocycles. The second-order valence-corrected chi connectivity index (χ2v) is 13.4. The highest BCUT2D eigenvalue weighted by atomic mass is 15.1. The molecule has 240 valence electrons. The monoisotopic (exact) mass is 634 g/mol. The number of hydrogen-bond acceptors (Lipinski definition) is 2. The second-order valence-electron chi connectivity index (χ2n) is 13.4. The van der Waals surface area contributed by atoms with Gasteiger partial charge < -0.3 is 9.80 Å². The molecule has 0 aliphatic heterocycles. The normalized spacial score (nSPS) is 12.8. The number of benzene rings is 8. The molecule has 8 aromatic rings. The molecule has 0 N–H and O–H groups in total. The molecule has 0 heterocycles. The van der Waals surface area contributed by atoms with Crippen molar-refractivity contribution in [3.05, 3.63) is 180 Å². The van der Waals surface area contributed by atoms with Crippen LogP contribution in [0.25, 0.3) is 32.3 Å². The zero-order valence-corrected chi connectivity index (χ0v) is 28.8. The standard InChI is InChI=1S/C47H42N2/c1-5-48(6-2)40-27-21-38(22-28-40)47(4,37-13-8-7-9-14-37)39-23-29-42(30-24-39)49(41-25-15-33(3)16-26-41)44-32-20-36-18-17-34-11-10-12-35-19-31-43(44)46(36)45(34)35/h7-32H,5-6H2,1-4H3. The van der Waals surface area contributed by atoms with Gasteiger partial charge in [0.2, 0.25) is 0 Å². The first-order valence-corrected chi connectivity index (χ1v) is 17.5. The molecule has 1 unspecified atom stereocenters. The number of nitrogens with zero attached hydrogens (tertiary/aromatic N) is 2. The van der Waals surface area contributed by atoms with E-state index in [2.05, 4.69) is 195 Å². The maximum Gasteiger partial charge on any atom is 0.0540 e. The Balaban J connectivity index is 1.28. The van der Waals surface area contributed by atoms with Gasteiger partial charge in [-0.3, -0.25) is 0 Å². The second kappa shape index (κ2) is 12.5. The van der Waals surface area contributed by atoms with Gasteiger partial charge in [-0.2, -0.15) is 0 Å². The van der Waals surface area contributed by atoms with Crippen LogP contribution in [-0.2, 0) is 5.41 Å². The van der Waals surface area contributed by atoms with E-state index in [4.69, 9.17) is 0 Å². The Labute approximate surface area is 290 Å². The summed E-state index contributed by atoms with van der Waals surface area (Å²) in [5, 5.41) is 7.76. The Kier molecular flexibility index (Phi) is 7.80. The van der Waals surface area contributed by atoms with Crippen molar-refractivity contribution in [1.82, 2.24) is 0 Å². The average Bonchev–Trinajstić information content (AvgIpc) is 3.16. The zero-order chi connectivity index (χ0) is 33.5. The van der Waals surface area contributed by atoms with Crippen molar-refractivity contribution in [3.8, 4) is 0 Å². The summed E-state index contributed by atoms with van der Waals surface area (Å²) < 4.78 is 0. The van der Waals surface area contributed by atoms with Gasteiger partial charge in [0.1, 0.15) is 0 Å². The van der Waals surface area contributed by atoms with Crippen LogP contribution in [0.1, 0.15) is 43.0 Å². The van der Waals surface area contributed by atoms with Gasteiger partial charge in [0.15, 0.2) is 0 Å². The van der Waals surface area contributed by atoms with Crippen molar-refractivity contribution in [2.75, 3.05) is 22.9 Å². The molecule has 0 saturated carbocycles. The SMILES string of the molecule is CCN(CC)c1ccc(C(C)(c2ccccc2)c2ccc(N(c3ccc(C)cc3)c3ccc4ccc5cccc6ccc3c4c56)cc2)cc1. The summed E-state index contributed by atoms with van der Waals surface area (Å²) in [5.41, 5.74) is 9.47. The zero-order valence-electron chi connectivity index (χ0n) is 28.8. The molecule has 49 heavy (non-hydrogen) atoms. The fourth-order valence-corrected chi connectivity index (χ4v) is 7.85. The van der Waals surface area contributed by atoms with Crippen LogP contribution in [0.5, 0.6) is 0 Å². The molecule has 0 amide bonds. The van der Waals surface area contributed by atoms with Crippen LogP contribution in [0.2, 0.25) is 0 Å². The van der Waals surface area contributed by atoms with Crippen molar-refractivity contribution >= 4 is 55.1 Å². The quantitative estimate of drug-likeness (QED) is 0.115. The first-order valence-electron chi connectivity index (χ1n) is 17.5. The lowest BCUT2D eigenvalue weighted by Gasteiger charge is -2.33. The van der Waals surface area contributed by atoms with Gasteiger partial charge >= 0.3 is 0 Å². The fraction of sp³-hybridized carbons (Fsp3) is 0.149. The molecular weight excluding hydrogens is 593 g/mol. The van der Waals surface area contributed by atoms with Crippen molar-refractivity contribution < 1.29 is 0 Å². The lowest BCUT2D eigenvalue weighted by Crippen LogP contribution is -2.26. The summed E-state index contributed by atoms with van der Waals surface area (Å²) in [6.45, 7) is 10.9. The van der Waals surface area contributed by atoms with E-state index in [1.165, 1.54) is 65.9 Å². The molecular formula is C47H42N2. The third-order valence-corrected chi connectivity index (χ3v) is 10.7. The minimum Gasteiger partial charge on any atom is -0.372 e. The molecule has 2 heteroatoms. The highest BCUT2D eigenvalue weighted by molar-refractivity contribution is 6.25. The summed E-state index contributed by atoms with van der Waals surface area (Å²) in [6, 6.07) is 58.6. The molecule has 0 spiro atoms. The van der Waals surface area contributed by atoms with E-state index in [1.807, 2.05) is 0 Å². The first-order chi connectivity index (χ1) is 24.0. The van der Waals surface area contributed by atoms with Crippen LogP contribution in [0.15, 0.2) is 158 Å². The minimum absolute atomic E-state index is 0.330. The average molecular weight is 635 g/mol. The van der Waals surface area contributed by atoms with Crippen LogP contribution < -0.4 is 9.80 Å². The van der Waals surface area contributed by atoms with Gasteiger partial charge in [-0.25, -0.2) is 0 Å². The number of rotatable bonds is 9. The third kappa shape index (κ3) is 5.20. The number of hydrogen-bond donors (Lipinski definition) is 0. The summed E-state index contributed by atoms with van der Waals surface area (Å²) in [7, 11) is 0. The van der Waals surface area contributed by atoms with Gasteiger partial charge in [-0.05, 0) is 114 Å². The van der Waals surface area contributed by atoms with Crippen LogP contribution in [0, 0.1) is 6.92 Å². The molecule has 0 saturated heterocycles. The van der Waals surface area contributed by atoms with Crippen molar-refractivity contribution in [2.24, 2.45) is 0 Å². The Morgan fingerprint density at radius 3 is 1.53 bits per heavy atom. The molecule has 0 aliphatic rings. The Morgan fingerprint density at radius 1 is 0.449 bits per heavy atom. The van der Waals surface area contributed by atoms with Gasteiger partial charge in [-0.1, -0.05) is 121 Å². The maximum atomic E-state index is 2.42. The molecule has 2 nitrogen and oxygen atoms in total. The van der Waals surface area contributed by atoms with E-state index in [-0.39, 0.29) is 5.41 Å². The lowest BCUT2D eigenvalue weighted by atomic mass is 9.71. The molecule has 1 atom stereocenters. The summed E-state index contributed by atoms with van der Waals surface area (Å²) >= 11 is 0. The lowest BCUT2D eigenvalue weighted by molar-refractivity contribution is 0.692. The van der Waals surface area contributed by atoms with Crippen molar-refractivity contribution in [2.45, 2.75) is 33.1 Å². The summed E-state index contributed by atoms with van der Waals surface area (Å²) in [4.78, 5) is 4.82. The van der Waals surface area contributed by atoms with E-state index in [1.54, 1.807) is 0 Å². The Morgan fingerprint density at radius 2 is 0.939 bits per heavy atom. The number of anilines is 4. The van der Waals surface area contributed by atoms with Gasteiger partial charge in [0, 0.05) is 41.0 Å². The first kappa shape index (κ1) is 30.7. The topological polar surface area (TPSA) is 6.48 Å². The van der Waals surface area contributed by atoms with Crippen LogP contribution >= 0.6 is 0 Å². The molecule has 8 rings (SSSR count). The number of aryl methyl sites for hydroxylation is 1. The fourth-order valence-electron chi connectivity index (χ4n) is 7.85. The smallest absolute Gasteiger partial charge is 0.0540 e. The third-order valence-electron chi connectivity index (χ3n) is 10.7. The molecule has 0 aliphatic carbocycles. The molecule has 0 bridgehead atoms. The highest BCUT2D eigenvalue weighted by Gasteiger charge is 2.31. The van der Waals surface area contributed by atoms with Gasteiger partial charge in [-0.15, -0.1) is 0 Å². The minimum atomic E-state index is -0.330. The summed E-state index contributed by atoms with van der Waals surface area (Å²) in [5.74, 6) is 0. The largest absolute Gasteiger partial charge is 0.372 e. The molecule has 0 fully saturated rings. The predicted octanol–water partition coefficient (Wildman–Crippen LogP) is 12.6. The Hall–Kier alpha value is -5.60. The van der Waals surface area contributed by atoms with E-state index >= 15 is 0 Å². The van der Waals surface area contributed by atoms with E-state index in [9.17, 15) is 0 Å². The van der Waals surface area contributed by atoms with Crippen LogP contribution in [-0.4, -0.2) is 13.1 Å². The van der Waals surface area contributed by atoms with Crippen molar-refractivity contribution in [1.29, 1.82) is 0 Å². The van der Waals surface area contributed by atoms with E-state index in [0.717, 1.165) is 24.5 Å². The molecule has 0 radical (unpaired) electrons. The Bertz CT molecular complexity index is 2340. The molecule has 0 aromatic heterocycles. The van der Waals surface area contributed by atoms with Crippen LogP contribution in [0.4, 0.5) is 22.7 Å². The van der Waals surface area contributed by atoms with E-state index in [0.29, 0.717) is 0 Å². The summed E-state index contributed by atoms with van der Waals surface area (Å²) in [6.07, 6.45) is 0.